The quantitative estimate of drug-likeness (QED) is 0.685. The molecule has 0 unspecified atom stereocenters. The summed E-state index contributed by atoms with van der Waals surface area (Å²) in [6.07, 6.45) is 2.59. The first-order valence-corrected chi connectivity index (χ1v) is 6.04. The van der Waals surface area contributed by atoms with Crippen LogP contribution < -0.4 is 0 Å². The summed E-state index contributed by atoms with van der Waals surface area (Å²) in [5.74, 6) is 0. The van der Waals surface area contributed by atoms with E-state index < -0.39 is 0 Å². The monoisotopic (exact) mass is 205 g/mol. The summed E-state index contributed by atoms with van der Waals surface area (Å²) in [5.41, 5.74) is 2.80. The first kappa shape index (κ1) is 12.3. The van der Waals surface area contributed by atoms with Crippen LogP contribution in [-0.4, -0.2) is 18.0 Å². The van der Waals surface area contributed by atoms with E-state index in [1.807, 2.05) is 0 Å². The maximum atomic E-state index is 2.51. The van der Waals surface area contributed by atoms with Gasteiger partial charge in [0.2, 0.25) is 0 Å². The lowest BCUT2D eigenvalue weighted by molar-refractivity contribution is 0.275. The Labute approximate surface area is 94.1 Å². The first-order chi connectivity index (χ1) is 7.26. The third-order valence-electron chi connectivity index (χ3n) is 2.76. The van der Waals surface area contributed by atoms with Crippen LogP contribution in [0.4, 0.5) is 0 Å². The molecule has 84 valence electrons. The Balaban J connectivity index is 2.50. The van der Waals surface area contributed by atoms with Crippen molar-refractivity contribution >= 4 is 0 Å². The number of benzene rings is 1. The van der Waals surface area contributed by atoms with Crippen LogP contribution in [0.3, 0.4) is 0 Å². The van der Waals surface area contributed by atoms with Crippen LogP contribution in [0, 0.1) is 6.92 Å². The van der Waals surface area contributed by atoms with Crippen molar-refractivity contribution in [3.63, 3.8) is 0 Å². The van der Waals surface area contributed by atoms with E-state index in [9.17, 15) is 0 Å². The van der Waals surface area contributed by atoms with E-state index >= 15 is 0 Å². The zero-order valence-corrected chi connectivity index (χ0v) is 10.3. The van der Waals surface area contributed by atoms with E-state index in [2.05, 4.69) is 49.9 Å². The number of hydrogen-bond donors (Lipinski definition) is 0. The number of aryl methyl sites for hydroxylation is 1. The van der Waals surface area contributed by atoms with Crippen LogP contribution in [0.25, 0.3) is 0 Å². The van der Waals surface area contributed by atoms with Gasteiger partial charge in [0.1, 0.15) is 0 Å². The lowest BCUT2D eigenvalue weighted by atomic mass is 10.1. The zero-order chi connectivity index (χ0) is 11.1. The van der Waals surface area contributed by atoms with Crippen LogP contribution in [-0.2, 0) is 6.54 Å². The van der Waals surface area contributed by atoms with Crippen molar-refractivity contribution in [1.82, 2.24) is 4.90 Å². The molecule has 15 heavy (non-hydrogen) atoms. The lowest BCUT2D eigenvalue weighted by Gasteiger charge is -2.20. The normalized spacial score (nSPS) is 10.9. The summed E-state index contributed by atoms with van der Waals surface area (Å²) in [6, 6.07) is 8.82. The Kier molecular flexibility index (Phi) is 5.41. The average Bonchev–Trinajstić information content (AvgIpc) is 2.24. The Morgan fingerprint density at radius 2 is 2.00 bits per heavy atom. The highest BCUT2D eigenvalue weighted by Crippen LogP contribution is 2.08. The summed E-state index contributed by atoms with van der Waals surface area (Å²) in [6.45, 7) is 10.1. The molecule has 0 aliphatic carbocycles. The predicted molar refractivity (Wildman–Crippen MR) is 67.0 cm³/mol. The summed E-state index contributed by atoms with van der Waals surface area (Å²) in [4.78, 5) is 2.51. The number of nitrogens with zero attached hydrogens (tertiary/aromatic N) is 1. The molecule has 0 aliphatic heterocycles. The third-order valence-corrected chi connectivity index (χ3v) is 2.76. The van der Waals surface area contributed by atoms with E-state index in [4.69, 9.17) is 0 Å². The van der Waals surface area contributed by atoms with Gasteiger partial charge < -0.3 is 0 Å². The molecule has 1 rings (SSSR count). The van der Waals surface area contributed by atoms with Gasteiger partial charge in [0.25, 0.3) is 0 Å². The van der Waals surface area contributed by atoms with Crippen LogP contribution >= 0.6 is 0 Å². The fraction of sp³-hybridized carbons (Fsp3) is 0.571. The first-order valence-electron chi connectivity index (χ1n) is 6.04. The van der Waals surface area contributed by atoms with Gasteiger partial charge in [-0.15, -0.1) is 0 Å². The maximum Gasteiger partial charge on any atom is 0.0233 e. The second-order valence-electron chi connectivity index (χ2n) is 4.21. The zero-order valence-electron chi connectivity index (χ0n) is 10.3. The fourth-order valence-electron chi connectivity index (χ4n) is 1.80. The molecule has 0 aromatic heterocycles. The Hall–Kier alpha value is -0.820. The minimum absolute atomic E-state index is 1.10. The van der Waals surface area contributed by atoms with E-state index in [1.165, 1.54) is 30.5 Å². The minimum atomic E-state index is 1.10. The van der Waals surface area contributed by atoms with E-state index in [0.717, 1.165) is 13.1 Å². The molecular formula is C14H23N. The van der Waals surface area contributed by atoms with Gasteiger partial charge in [-0.05, 0) is 32.0 Å². The van der Waals surface area contributed by atoms with Crippen molar-refractivity contribution in [2.24, 2.45) is 0 Å². The Bertz CT molecular complexity index is 280. The average molecular weight is 205 g/mol. The Morgan fingerprint density at radius 1 is 1.20 bits per heavy atom. The van der Waals surface area contributed by atoms with Crippen LogP contribution in [0.15, 0.2) is 24.3 Å². The van der Waals surface area contributed by atoms with E-state index in [0.29, 0.717) is 0 Å². The van der Waals surface area contributed by atoms with Crippen molar-refractivity contribution in [3.8, 4) is 0 Å². The van der Waals surface area contributed by atoms with Crippen molar-refractivity contribution in [3.05, 3.63) is 35.4 Å². The molecule has 1 aromatic carbocycles. The molecule has 0 radical (unpaired) electrons. The summed E-state index contributed by atoms with van der Waals surface area (Å²) < 4.78 is 0. The minimum Gasteiger partial charge on any atom is -0.299 e. The topological polar surface area (TPSA) is 3.24 Å². The van der Waals surface area contributed by atoms with E-state index in [1.54, 1.807) is 0 Å². The Morgan fingerprint density at radius 3 is 2.60 bits per heavy atom. The highest BCUT2D eigenvalue weighted by atomic mass is 15.1. The molecule has 0 amide bonds. The molecule has 0 saturated heterocycles. The number of rotatable bonds is 6. The third kappa shape index (κ3) is 4.48. The van der Waals surface area contributed by atoms with Gasteiger partial charge in [0, 0.05) is 6.54 Å². The number of unbranched alkanes of at least 4 members (excludes halogenated alkanes) is 1. The summed E-state index contributed by atoms with van der Waals surface area (Å²) in [7, 11) is 0. The lowest BCUT2D eigenvalue weighted by Crippen LogP contribution is -2.23. The molecule has 0 fully saturated rings. The van der Waals surface area contributed by atoms with Gasteiger partial charge in [-0.3, -0.25) is 4.90 Å². The largest absolute Gasteiger partial charge is 0.299 e. The molecule has 0 spiro atoms. The van der Waals surface area contributed by atoms with Crippen LogP contribution in [0.1, 0.15) is 37.8 Å². The van der Waals surface area contributed by atoms with Gasteiger partial charge in [-0.2, -0.15) is 0 Å². The fourth-order valence-corrected chi connectivity index (χ4v) is 1.80. The van der Waals surface area contributed by atoms with Crippen molar-refractivity contribution in [2.45, 2.75) is 40.2 Å². The molecule has 0 N–H and O–H groups in total. The van der Waals surface area contributed by atoms with Crippen LogP contribution in [0.5, 0.6) is 0 Å². The number of hydrogen-bond acceptors (Lipinski definition) is 1. The molecule has 0 heterocycles. The van der Waals surface area contributed by atoms with Gasteiger partial charge in [0.05, 0.1) is 0 Å². The summed E-state index contributed by atoms with van der Waals surface area (Å²) >= 11 is 0. The van der Waals surface area contributed by atoms with Gasteiger partial charge in [-0.25, -0.2) is 0 Å². The maximum absolute atomic E-state index is 2.51. The van der Waals surface area contributed by atoms with Gasteiger partial charge >= 0.3 is 0 Å². The molecule has 0 atom stereocenters. The molecule has 1 aromatic rings. The second kappa shape index (κ2) is 6.62. The van der Waals surface area contributed by atoms with Crippen LogP contribution in [0.2, 0.25) is 0 Å². The van der Waals surface area contributed by atoms with Crippen molar-refractivity contribution in [2.75, 3.05) is 13.1 Å². The summed E-state index contributed by atoms with van der Waals surface area (Å²) in [5, 5.41) is 0. The molecule has 1 heteroatoms. The molecule has 0 bridgehead atoms. The molecule has 0 aliphatic rings. The van der Waals surface area contributed by atoms with Gasteiger partial charge in [0.15, 0.2) is 0 Å². The molecule has 1 nitrogen and oxygen atoms in total. The molecule has 0 saturated carbocycles. The highest BCUT2D eigenvalue weighted by Gasteiger charge is 2.02. The second-order valence-corrected chi connectivity index (χ2v) is 4.21. The predicted octanol–water partition coefficient (Wildman–Crippen LogP) is 3.62. The SMILES string of the molecule is CCCCN(CC)Cc1cccc(C)c1. The highest BCUT2D eigenvalue weighted by molar-refractivity contribution is 5.21. The smallest absolute Gasteiger partial charge is 0.0233 e. The standard InChI is InChI=1S/C14H23N/c1-4-6-10-15(5-2)12-14-9-7-8-13(3)11-14/h7-9,11H,4-6,10,12H2,1-3H3. The van der Waals surface area contributed by atoms with Crippen molar-refractivity contribution < 1.29 is 0 Å². The van der Waals surface area contributed by atoms with Crippen molar-refractivity contribution in [1.29, 1.82) is 0 Å². The van der Waals surface area contributed by atoms with E-state index in [-0.39, 0.29) is 0 Å². The molecular weight excluding hydrogens is 182 g/mol. The van der Waals surface area contributed by atoms with Gasteiger partial charge in [-0.1, -0.05) is 50.1 Å².